The van der Waals surface area contributed by atoms with Crippen molar-refractivity contribution in [1.29, 1.82) is 0 Å². The van der Waals surface area contributed by atoms with E-state index >= 15 is 0 Å². The Morgan fingerprint density at radius 2 is 1.49 bits per heavy atom. The summed E-state index contributed by atoms with van der Waals surface area (Å²) in [5.41, 5.74) is 3.45. The summed E-state index contributed by atoms with van der Waals surface area (Å²) in [4.78, 5) is 36.2. The third-order valence-corrected chi connectivity index (χ3v) is 6.64. The number of carbonyl (C=O) groups is 2. The Morgan fingerprint density at radius 3 is 2.14 bits per heavy atom. The Bertz CT molecular complexity index is 1410. The third kappa shape index (κ3) is 5.14. The van der Waals surface area contributed by atoms with Crippen molar-refractivity contribution in [1.82, 2.24) is 9.88 Å². The number of nitrogens with zero attached hydrogens (tertiary/aromatic N) is 3. The van der Waals surface area contributed by atoms with Gasteiger partial charge in [0.05, 0.1) is 12.1 Å². The molecule has 5 rings (SSSR count). The molecule has 1 atom stereocenters. The fourth-order valence-electron chi connectivity index (χ4n) is 4.80. The van der Waals surface area contributed by atoms with Crippen LogP contribution in [-0.4, -0.2) is 27.7 Å². The minimum Gasteiger partial charge on any atom is -0.322 e. The maximum Gasteiger partial charge on any atom is 0.258 e. The molecule has 2 heterocycles. The number of fused-ring (bicyclic) bond motifs is 1. The second kappa shape index (κ2) is 10.7. The summed E-state index contributed by atoms with van der Waals surface area (Å²) < 4.78 is 14.0. The first kappa shape index (κ1) is 24.4. The second-order valence-corrected chi connectivity index (χ2v) is 9.24. The number of anilines is 1. The molecule has 0 spiro atoms. The van der Waals surface area contributed by atoms with Gasteiger partial charge in [0.2, 0.25) is 0 Å². The van der Waals surface area contributed by atoms with Crippen molar-refractivity contribution in [3.8, 4) is 11.1 Å². The molecule has 0 fully saturated rings. The first-order valence-electron chi connectivity index (χ1n) is 12.5. The maximum absolute atomic E-state index is 14.2. The minimum atomic E-state index is -0.631. The summed E-state index contributed by atoms with van der Waals surface area (Å²) in [6, 6.07) is 26.7. The summed E-state index contributed by atoms with van der Waals surface area (Å²) in [5.74, 6) is -0.448. The average Bonchev–Trinajstić information content (AvgIpc) is 3.00. The lowest BCUT2D eigenvalue weighted by Crippen LogP contribution is -2.48. The molecule has 2 amide bonds. The molecule has 6 heteroatoms. The van der Waals surface area contributed by atoms with E-state index in [0.717, 1.165) is 17.5 Å². The van der Waals surface area contributed by atoms with Gasteiger partial charge in [0.1, 0.15) is 17.7 Å². The van der Waals surface area contributed by atoms with Crippen molar-refractivity contribution in [3.63, 3.8) is 0 Å². The van der Waals surface area contributed by atoms with Crippen molar-refractivity contribution in [2.24, 2.45) is 0 Å². The number of hydrogen-bond acceptors (Lipinski definition) is 3. The molecule has 3 aromatic carbocycles. The lowest BCUT2D eigenvalue weighted by molar-refractivity contribution is -0.123. The van der Waals surface area contributed by atoms with Gasteiger partial charge in [-0.2, -0.15) is 0 Å². The smallest absolute Gasteiger partial charge is 0.258 e. The van der Waals surface area contributed by atoms with Gasteiger partial charge in [0.15, 0.2) is 0 Å². The van der Waals surface area contributed by atoms with Gasteiger partial charge in [0, 0.05) is 18.3 Å². The molecule has 1 unspecified atom stereocenters. The van der Waals surface area contributed by atoms with Crippen LogP contribution < -0.4 is 4.90 Å². The van der Waals surface area contributed by atoms with Gasteiger partial charge < -0.3 is 4.90 Å². The Balaban J connectivity index is 1.65. The Labute approximate surface area is 216 Å². The highest BCUT2D eigenvalue weighted by Gasteiger charge is 2.40. The number of carbonyl (C=O) groups excluding carboxylic acids is 2. The first-order chi connectivity index (χ1) is 18.0. The Morgan fingerprint density at radius 1 is 0.811 bits per heavy atom. The number of aromatic nitrogens is 1. The van der Waals surface area contributed by atoms with Crippen LogP contribution in [0.25, 0.3) is 11.1 Å². The van der Waals surface area contributed by atoms with Crippen LogP contribution >= 0.6 is 0 Å². The molecule has 0 radical (unpaired) electrons. The molecule has 37 heavy (non-hydrogen) atoms. The van der Waals surface area contributed by atoms with Crippen molar-refractivity contribution in [3.05, 3.63) is 120 Å². The molecular formula is C31H28FN3O2. The summed E-state index contributed by atoms with van der Waals surface area (Å²) >= 11 is 0. The lowest BCUT2D eigenvalue weighted by Gasteiger charge is -2.31. The van der Waals surface area contributed by atoms with E-state index in [-0.39, 0.29) is 17.6 Å². The van der Waals surface area contributed by atoms with Crippen molar-refractivity contribution >= 4 is 17.6 Å². The van der Waals surface area contributed by atoms with E-state index in [9.17, 15) is 14.0 Å². The molecule has 1 aliphatic heterocycles. The molecule has 0 aliphatic carbocycles. The van der Waals surface area contributed by atoms with E-state index in [1.54, 1.807) is 34.2 Å². The average molecular weight is 494 g/mol. The van der Waals surface area contributed by atoms with E-state index in [0.29, 0.717) is 42.0 Å². The third-order valence-electron chi connectivity index (χ3n) is 6.64. The van der Waals surface area contributed by atoms with E-state index in [1.165, 1.54) is 12.1 Å². The van der Waals surface area contributed by atoms with Crippen LogP contribution in [-0.2, 0) is 17.9 Å². The number of benzene rings is 3. The fraction of sp³-hybridized carbons (Fsp3) is 0.194. The predicted octanol–water partition coefficient (Wildman–Crippen LogP) is 6.25. The topological polar surface area (TPSA) is 53.5 Å². The lowest BCUT2D eigenvalue weighted by atomic mass is 10.0. The molecule has 5 nitrogen and oxygen atoms in total. The molecular weight excluding hydrogens is 465 g/mol. The second-order valence-electron chi connectivity index (χ2n) is 9.24. The van der Waals surface area contributed by atoms with E-state index < -0.39 is 6.04 Å². The van der Waals surface area contributed by atoms with Gasteiger partial charge in [-0.05, 0) is 41.3 Å². The highest BCUT2D eigenvalue weighted by atomic mass is 19.1. The largest absolute Gasteiger partial charge is 0.322 e. The van der Waals surface area contributed by atoms with Crippen LogP contribution in [0.4, 0.5) is 10.2 Å². The van der Waals surface area contributed by atoms with Gasteiger partial charge in [-0.1, -0.05) is 86.1 Å². The Kier molecular flexibility index (Phi) is 7.08. The van der Waals surface area contributed by atoms with Crippen molar-refractivity contribution < 1.29 is 14.0 Å². The van der Waals surface area contributed by atoms with E-state index in [2.05, 4.69) is 4.98 Å². The molecule has 0 saturated heterocycles. The predicted molar refractivity (Wildman–Crippen MR) is 142 cm³/mol. The van der Waals surface area contributed by atoms with Gasteiger partial charge >= 0.3 is 0 Å². The van der Waals surface area contributed by atoms with Crippen LogP contribution in [0, 0.1) is 5.82 Å². The number of amides is 2. The van der Waals surface area contributed by atoms with Crippen LogP contribution in [0.5, 0.6) is 0 Å². The van der Waals surface area contributed by atoms with Crippen LogP contribution in [0.3, 0.4) is 0 Å². The van der Waals surface area contributed by atoms with E-state index in [4.69, 9.17) is 0 Å². The van der Waals surface area contributed by atoms with Gasteiger partial charge in [-0.15, -0.1) is 0 Å². The van der Waals surface area contributed by atoms with Crippen molar-refractivity contribution in [2.75, 3.05) is 4.90 Å². The number of rotatable bonds is 7. The molecule has 1 aromatic heterocycles. The van der Waals surface area contributed by atoms with Gasteiger partial charge in [-0.3, -0.25) is 14.5 Å². The van der Waals surface area contributed by atoms with E-state index in [1.807, 2.05) is 67.6 Å². The van der Waals surface area contributed by atoms with Gasteiger partial charge in [-0.25, -0.2) is 9.37 Å². The molecule has 0 saturated carbocycles. The molecule has 1 aliphatic rings. The zero-order valence-corrected chi connectivity index (χ0v) is 20.7. The quantitative estimate of drug-likeness (QED) is 0.306. The molecule has 186 valence electrons. The number of halogens is 1. The molecule has 4 aromatic rings. The fourth-order valence-corrected chi connectivity index (χ4v) is 4.80. The molecule has 0 bridgehead atoms. The van der Waals surface area contributed by atoms with Crippen LogP contribution in [0.2, 0.25) is 0 Å². The normalized spacial score (nSPS) is 15.5. The highest BCUT2D eigenvalue weighted by Crippen LogP contribution is 2.33. The highest BCUT2D eigenvalue weighted by molar-refractivity contribution is 6.10. The standard InChI is InChI=1S/C31H28FN3O2/c1-2-10-28-31(37)35(21-23-13-7-4-8-14-23)29-27(30(36)34(28)20-22-11-5-3-6-12-22)18-25(19-33-29)24-15-9-16-26(32)17-24/h3-9,11-19,28H,2,10,20-21H2,1H3. The summed E-state index contributed by atoms with van der Waals surface area (Å²) in [7, 11) is 0. The monoisotopic (exact) mass is 493 g/mol. The summed E-state index contributed by atoms with van der Waals surface area (Å²) in [5, 5.41) is 0. The SMILES string of the molecule is CCCC1C(=O)N(Cc2ccccc2)c2ncc(-c3cccc(F)c3)cc2C(=O)N1Cc1ccccc1. The first-order valence-corrected chi connectivity index (χ1v) is 12.5. The zero-order valence-electron chi connectivity index (χ0n) is 20.7. The summed E-state index contributed by atoms with van der Waals surface area (Å²) in [6.45, 7) is 2.61. The Hall–Kier alpha value is -4.32. The zero-order chi connectivity index (χ0) is 25.8. The molecule has 0 N–H and O–H groups in total. The number of hydrogen-bond donors (Lipinski definition) is 0. The maximum atomic E-state index is 14.2. The van der Waals surface area contributed by atoms with Crippen LogP contribution in [0.15, 0.2) is 97.2 Å². The van der Waals surface area contributed by atoms with Crippen molar-refractivity contribution in [2.45, 2.75) is 38.9 Å². The van der Waals surface area contributed by atoms with Crippen LogP contribution in [0.1, 0.15) is 41.3 Å². The van der Waals surface area contributed by atoms with Gasteiger partial charge in [0.25, 0.3) is 11.8 Å². The minimum absolute atomic E-state index is 0.153. The summed E-state index contributed by atoms with van der Waals surface area (Å²) in [6.07, 6.45) is 2.88. The number of pyridine rings is 1.